The zero-order valence-corrected chi connectivity index (χ0v) is 17.9. The number of carbonyl (C=O) groups excluding carboxylic acids is 1. The summed E-state index contributed by atoms with van der Waals surface area (Å²) in [5.41, 5.74) is 4.00. The molecule has 3 aromatic carbocycles. The molecule has 0 spiro atoms. The van der Waals surface area contributed by atoms with Gasteiger partial charge in [-0.3, -0.25) is 9.69 Å². The summed E-state index contributed by atoms with van der Waals surface area (Å²) in [5, 5.41) is 3.00. The maximum atomic E-state index is 12.9. The molecule has 0 saturated heterocycles. The number of nitrogens with zero attached hydrogens (tertiary/aromatic N) is 3. The number of fused-ring (bicyclic) bond motifs is 1. The van der Waals surface area contributed by atoms with Gasteiger partial charge >= 0.3 is 0 Å². The molecule has 5 nitrogen and oxygen atoms in total. The highest BCUT2D eigenvalue weighted by molar-refractivity contribution is 5.92. The highest BCUT2D eigenvalue weighted by Crippen LogP contribution is 2.32. The minimum absolute atomic E-state index is 0.000768. The van der Waals surface area contributed by atoms with Crippen LogP contribution in [0.25, 0.3) is 0 Å². The second-order valence-corrected chi connectivity index (χ2v) is 8.12. The van der Waals surface area contributed by atoms with Crippen molar-refractivity contribution < 1.29 is 4.79 Å². The standard InChI is InChI=1S/C27H26N4O/c32-27(28-18-21-10-4-1-5-11-21)24-20-31-17-16-30(19-22-12-6-2-7-13-22)25(26(31)29-24)23-14-8-3-9-15-23/h1-15,20,25H,16-19H2,(H,28,32). The Kier molecular flexibility index (Phi) is 5.81. The predicted molar refractivity (Wildman–Crippen MR) is 125 cm³/mol. The number of benzene rings is 3. The van der Waals surface area contributed by atoms with Gasteiger partial charge < -0.3 is 9.88 Å². The second kappa shape index (κ2) is 9.20. The van der Waals surface area contributed by atoms with Gasteiger partial charge in [-0.15, -0.1) is 0 Å². The predicted octanol–water partition coefficient (Wildman–Crippen LogP) is 4.42. The van der Waals surface area contributed by atoms with Crippen molar-refractivity contribution in [3.05, 3.63) is 125 Å². The van der Waals surface area contributed by atoms with Gasteiger partial charge in [0.2, 0.25) is 0 Å². The molecule has 1 N–H and O–H groups in total. The summed E-state index contributed by atoms with van der Waals surface area (Å²) in [4.78, 5) is 20.1. The van der Waals surface area contributed by atoms with Crippen LogP contribution in [0.15, 0.2) is 97.2 Å². The number of imidazole rings is 1. The van der Waals surface area contributed by atoms with Gasteiger partial charge in [0.1, 0.15) is 11.5 Å². The Hall–Kier alpha value is -3.70. The molecule has 1 aliphatic heterocycles. The molecule has 1 atom stereocenters. The van der Waals surface area contributed by atoms with Crippen LogP contribution in [0.2, 0.25) is 0 Å². The second-order valence-electron chi connectivity index (χ2n) is 8.12. The monoisotopic (exact) mass is 422 g/mol. The zero-order chi connectivity index (χ0) is 21.8. The summed E-state index contributed by atoms with van der Waals surface area (Å²) in [5.74, 6) is 0.778. The lowest BCUT2D eigenvalue weighted by atomic mass is 10.0. The molecule has 2 heterocycles. The van der Waals surface area contributed by atoms with Crippen molar-refractivity contribution in [2.75, 3.05) is 6.54 Å². The quantitative estimate of drug-likeness (QED) is 0.501. The fourth-order valence-corrected chi connectivity index (χ4v) is 4.32. The number of carbonyl (C=O) groups is 1. The van der Waals surface area contributed by atoms with Gasteiger partial charge in [-0.25, -0.2) is 4.98 Å². The highest BCUT2D eigenvalue weighted by atomic mass is 16.1. The lowest BCUT2D eigenvalue weighted by molar-refractivity contribution is 0.0946. The first-order chi connectivity index (χ1) is 15.8. The lowest BCUT2D eigenvalue weighted by Gasteiger charge is -2.36. The van der Waals surface area contributed by atoms with E-state index in [1.54, 1.807) is 0 Å². The summed E-state index contributed by atoms with van der Waals surface area (Å²) in [7, 11) is 0. The third-order valence-corrected chi connectivity index (χ3v) is 5.92. The van der Waals surface area contributed by atoms with E-state index in [-0.39, 0.29) is 11.9 Å². The third kappa shape index (κ3) is 4.34. The molecule has 4 aromatic rings. The van der Waals surface area contributed by atoms with E-state index in [1.807, 2.05) is 48.7 Å². The summed E-state index contributed by atoms with van der Waals surface area (Å²) < 4.78 is 2.14. The molecule has 0 aliphatic carbocycles. The Bertz CT molecular complexity index is 1170. The summed E-state index contributed by atoms with van der Waals surface area (Å²) in [6.07, 6.45) is 1.89. The molecule has 1 unspecified atom stereocenters. The van der Waals surface area contributed by atoms with Crippen LogP contribution in [0.1, 0.15) is 39.0 Å². The van der Waals surface area contributed by atoms with Crippen molar-refractivity contribution in [1.29, 1.82) is 0 Å². The first kappa shape index (κ1) is 20.2. The minimum atomic E-state index is -0.142. The molecule has 0 radical (unpaired) electrons. The van der Waals surface area contributed by atoms with Crippen LogP contribution in [0, 0.1) is 0 Å². The van der Waals surface area contributed by atoms with E-state index >= 15 is 0 Å². The smallest absolute Gasteiger partial charge is 0.271 e. The van der Waals surface area contributed by atoms with E-state index in [9.17, 15) is 4.79 Å². The van der Waals surface area contributed by atoms with Crippen LogP contribution in [-0.2, 0) is 19.6 Å². The van der Waals surface area contributed by atoms with E-state index in [1.165, 1.54) is 11.1 Å². The largest absolute Gasteiger partial charge is 0.347 e. The van der Waals surface area contributed by atoms with Gasteiger partial charge in [-0.05, 0) is 16.7 Å². The molecule has 5 heteroatoms. The van der Waals surface area contributed by atoms with Crippen molar-refractivity contribution in [1.82, 2.24) is 19.8 Å². The Morgan fingerprint density at radius 1 is 0.844 bits per heavy atom. The topological polar surface area (TPSA) is 50.2 Å². The van der Waals surface area contributed by atoms with Crippen LogP contribution >= 0.6 is 0 Å². The third-order valence-electron chi connectivity index (χ3n) is 5.92. The number of rotatable bonds is 6. The molecular weight excluding hydrogens is 396 g/mol. The van der Waals surface area contributed by atoms with Gasteiger partial charge in [0.05, 0.1) is 6.04 Å². The summed E-state index contributed by atoms with van der Waals surface area (Å²) in [6, 6.07) is 30.9. The molecule has 0 fully saturated rings. The average Bonchev–Trinajstić information content (AvgIpc) is 3.29. The first-order valence-corrected chi connectivity index (χ1v) is 11.0. The van der Waals surface area contributed by atoms with Crippen molar-refractivity contribution in [3.63, 3.8) is 0 Å². The van der Waals surface area contributed by atoms with E-state index in [2.05, 4.69) is 63.3 Å². The molecular formula is C27H26N4O. The molecule has 1 amide bonds. The normalized spacial score (nSPS) is 15.8. The van der Waals surface area contributed by atoms with Crippen molar-refractivity contribution >= 4 is 5.91 Å². The molecule has 0 bridgehead atoms. The lowest BCUT2D eigenvalue weighted by Crippen LogP contribution is -2.38. The Morgan fingerprint density at radius 2 is 1.47 bits per heavy atom. The molecule has 0 saturated carbocycles. The fourth-order valence-electron chi connectivity index (χ4n) is 4.32. The van der Waals surface area contributed by atoms with Gasteiger partial charge in [-0.2, -0.15) is 0 Å². The van der Waals surface area contributed by atoms with Gasteiger partial charge in [0.25, 0.3) is 5.91 Å². The fraction of sp³-hybridized carbons (Fsp3) is 0.185. The summed E-state index contributed by atoms with van der Waals surface area (Å²) in [6.45, 7) is 3.03. The van der Waals surface area contributed by atoms with Crippen molar-refractivity contribution in [2.24, 2.45) is 0 Å². The zero-order valence-electron chi connectivity index (χ0n) is 17.9. The Morgan fingerprint density at radius 3 is 2.16 bits per heavy atom. The minimum Gasteiger partial charge on any atom is -0.347 e. The number of nitrogens with one attached hydrogen (secondary N) is 1. The van der Waals surface area contributed by atoms with Gasteiger partial charge in [0.15, 0.2) is 0 Å². The van der Waals surface area contributed by atoms with Gasteiger partial charge in [-0.1, -0.05) is 91.0 Å². The van der Waals surface area contributed by atoms with Crippen LogP contribution < -0.4 is 5.32 Å². The van der Waals surface area contributed by atoms with Crippen LogP contribution in [0.3, 0.4) is 0 Å². The molecule has 1 aromatic heterocycles. The molecule has 5 rings (SSSR count). The van der Waals surface area contributed by atoms with E-state index in [0.717, 1.165) is 31.0 Å². The number of hydrogen-bond acceptors (Lipinski definition) is 3. The van der Waals surface area contributed by atoms with E-state index in [0.29, 0.717) is 12.2 Å². The van der Waals surface area contributed by atoms with Crippen LogP contribution in [0.5, 0.6) is 0 Å². The number of hydrogen-bond donors (Lipinski definition) is 1. The molecule has 1 aliphatic rings. The highest BCUT2D eigenvalue weighted by Gasteiger charge is 2.32. The van der Waals surface area contributed by atoms with Crippen molar-refractivity contribution in [2.45, 2.75) is 25.7 Å². The maximum Gasteiger partial charge on any atom is 0.271 e. The average molecular weight is 423 g/mol. The first-order valence-electron chi connectivity index (χ1n) is 11.0. The Balaban J connectivity index is 1.41. The Labute approximate surface area is 188 Å². The van der Waals surface area contributed by atoms with Crippen molar-refractivity contribution in [3.8, 4) is 0 Å². The van der Waals surface area contributed by atoms with E-state index in [4.69, 9.17) is 4.98 Å². The van der Waals surface area contributed by atoms with Gasteiger partial charge in [0, 0.05) is 32.4 Å². The van der Waals surface area contributed by atoms with Crippen LogP contribution in [0.4, 0.5) is 0 Å². The molecule has 160 valence electrons. The molecule has 32 heavy (non-hydrogen) atoms. The SMILES string of the molecule is O=C(NCc1ccccc1)c1cn2c(n1)C(c1ccccc1)N(Cc1ccccc1)CC2. The number of aromatic nitrogens is 2. The van der Waals surface area contributed by atoms with E-state index < -0.39 is 0 Å². The van der Waals surface area contributed by atoms with Crippen LogP contribution in [-0.4, -0.2) is 26.9 Å². The number of amides is 1. The maximum absolute atomic E-state index is 12.9. The summed E-state index contributed by atoms with van der Waals surface area (Å²) >= 11 is 0.